The Hall–Kier alpha value is -2.97. The third-order valence-electron chi connectivity index (χ3n) is 6.03. The predicted molar refractivity (Wildman–Crippen MR) is 124 cm³/mol. The SMILES string of the molecule is COc1c(C2CC(C)(C(F)(F)F)SC2C(=O)Nc2cc(OB(O)O)c3cc[nH]c3c2)ccc(F)c1F. The minimum Gasteiger partial charge on any atom is -0.511 e. The molecule has 14 heteroatoms. The molecule has 1 aliphatic rings. The fourth-order valence-electron chi connectivity index (χ4n) is 4.30. The number of H-pyrrole nitrogens is 1. The maximum absolute atomic E-state index is 14.4. The molecule has 0 bridgehead atoms. The average molecular weight is 530 g/mol. The van der Waals surface area contributed by atoms with Gasteiger partial charge in [-0.15, -0.1) is 11.8 Å². The van der Waals surface area contributed by atoms with Crippen molar-refractivity contribution in [2.75, 3.05) is 12.4 Å². The van der Waals surface area contributed by atoms with Crippen LogP contribution in [-0.4, -0.2) is 51.5 Å². The average Bonchev–Trinajstić information content (AvgIpc) is 3.40. The third kappa shape index (κ3) is 4.72. The molecule has 4 N–H and O–H groups in total. The Balaban J connectivity index is 1.72. The zero-order valence-corrected chi connectivity index (χ0v) is 19.6. The van der Waals surface area contributed by atoms with Crippen LogP contribution in [0.3, 0.4) is 0 Å². The Morgan fingerprint density at radius 2 is 1.97 bits per heavy atom. The molecule has 3 unspecified atom stereocenters. The second-order valence-electron chi connectivity index (χ2n) is 8.41. The summed E-state index contributed by atoms with van der Waals surface area (Å²) >= 11 is 0.372. The van der Waals surface area contributed by atoms with Crippen LogP contribution in [0.2, 0.25) is 0 Å². The minimum atomic E-state index is -4.70. The van der Waals surface area contributed by atoms with Crippen LogP contribution in [0, 0.1) is 11.6 Å². The number of benzene rings is 2. The molecule has 36 heavy (non-hydrogen) atoms. The number of aromatic amines is 1. The Bertz CT molecular complexity index is 1300. The summed E-state index contributed by atoms with van der Waals surface area (Å²) in [6, 6.07) is 6.25. The van der Waals surface area contributed by atoms with Gasteiger partial charge < -0.3 is 29.7 Å². The molecule has 7 nitrogen and oxygen atoms in total. The maximum Gasteiger partial charge on any atom is 0.707 e. The van der Waals surface area contributed by atoms with E-state index in [4.69, 9.17) is 9.39 Å². The zero-order chi connectivity index (χ0) is 26.4. The Morgan fingerprint density at radius 3 is 2.61 bits per heavy atom. The number of anilines is 1. The number of alkyl halides is 3. The molecular formula is C22H20BF5N2O5S. The largest absolute Gasteiger partial charge is 0.707 e. The fraction of sp³-hybridized carbons (Fsp3) is 0.318. The number of methoxy groups -OCH3 is 1. The first kappa shape index (κ1) is 26.1. The van der Waals surface area contributed by atoms with E-state index >= 15 is 0 Å². The second kappa shape index (κ2) is 9.49. The van der Waals surface area contributed by atoms with Gasteiger partial charge in [0.05, 0.1) is 17.9 Å². The van der Waals surface area contributed by atoms with Crippen LogP contribution in [0.15, 0.2) is 36.5 Å². The number of carbonyl (C=O) groups is 1. The van der Waals surface area contributed by atoms with Crippen LogP contribution >= 0.6 is 11.8 Å². The number of nitrogens with one attached hydrogen (secondary N) is 2. The Kier molecular flexibility index (Phi) is 6.88. The molecule has 0 radical (unpaired) electrons. The summed E-state index contributed by atoms with van der Waals surface area (Å²) in [6.07, 6.45) is -3.74. The lowest BCUT2D eigenvalue weighted by Crippen LogP contribution is -2.37. The number of aromatic nitrogens is 1. The molecule has 1 aromatic heterocycles. The van der Waals surface area contributed by atoms with E-state index < -0.39 is 59.1 Å². The molecule has 2 aromatic carbocycles. The van der Waals surface area contributed by atoms with Crippen molar-refractivity contribution in [3.8, 4) is 11.5 Å². The highest BCUT2D eigenvalue weighted by atomic mass is 32.2. The quantitative estimate of drug-likeness (QED) is 0.279. The number of halogens is 5. The topological polar surface area (TPSA) is 104 Å². The molecule has 0 spiro atoms. The van der Waals surface area contributed by atoms with Gasteiger partial charge in [0, 0.05) is 34.8 Å². The Morgan fingerprint density at radius 1 is 1.25 bits per heavy atom. The molecule has 3 atom stereocenters. The van der Waals surface area contributed by atoms with E-state index in [0.29, 0.717) is 22.7 Å². The molecule has 1 amide bonds. The molecule has 3 aromatic rings. The standard InChI is InChI=1S/C22H20BF5N2O5S/c1-21(22(26,27)28)9-13(11-3-4-14(24)17(25)18(11)34-2)19(36-21)20(31)30-10-7-15-12(5-6-29-15)16(8-10)35-23(32)33/h3-8,13,19,29,32-33H,9H2,1-2H3,(H,30,31). The van der Waals surface area contributed by atoms with E-state index in [1.807, 2.05) is 0 Å². The van der Waals surface area contributed by atoms with Gasteiger partial charge in [0.1, 0.15) is 10.5 Å². The summed E-state index contributed by atoms with van der Waals surface area (Å²) in [5.74, 6) is -5.16. The van der Waals surface area contributed by atoms with Crippen molar-refractivity contribution in [1.29, 1.82) is 0 Å². The summed E-state index contributed by atoms with van der Waals surface area (Å²) < 4.78 is 77.6. The number of hydrogen-bond acceptors (Lipinski definition) is 6. The first-order valence-corrected chi connectivity index (χ1v) is 11.4. The maximum atomic E-state index is 14.4. The number of fused-ring (bicyclic) bond motifs is 1. The van der Waals surface area contributed by atoms with Crippen molar-refractivity contribution in [1.82, 2.24) is 4.98 Å². The highest BCUT2D eigenvalue weighted by Crippen LogP contribution is 2.59. The van der Waals surface area contributed by atoms with Crippen LogP contribution in [0.1, 0.15) is 24.8 Å². The number of rotatable bonds is 6. The predicted octanol–water partition coefficient (Wildman–Crippen LogP) is 4.35. The van der Waals surface area contributed by atoms with Crippen LogP contribution in [0.4, 0.5) is 27.6 Å². The van der Waals surface area contributed by atoms with Crippen molar-refractivity contribution in [2.24, 2.45) is 0 Å². The fourth-order valence-corrected chi connectivity index (χ4v) is 5.85. The molecule has 2 heterocycles. The highest BCUT2D eigenvalue weighted by Gasteiger charge is 2.60. The summed E-state index contributed by atoms with van der Waals surface area (Å²) in [5.41, 5.74) is 0.480. The lowest BCUT2D eigenvalue weighted by Gasteiger charge is -2.26. The monoisotopic (exact) mass is 530 g/mol. The van der Waals surface area contributed by atoms with Crippen LogP contribution in [-0.2, 0) is 4.79 Å². The third-order valence-corrected chi connectivity index (χ3v) is 7.75. The van der Waals surface area contributed by atoms with Gasteiger partial charge in [-0.25, -0.2) is 4.39 Å². The van der Waals surface area contributed by atoms with Crippen molar-refractivity contribution in [3.05, 3.63) is 53.7 Å². The summed E-state index contributed by atoms with van der Waals surface area (Å²) in [5, 5.41) is 20.0. The van der Waals surface area contributed by atoms with E-state index in [-0.39, 0.29) is 17.0 Å². The highest BCUT2D eigenvalue weighted by molar-refractivity contribution is 8.02. The van der Waals surface area contributed by atoms with E-state index in [1.165, 1.54) is 12.1 Å². The number of ether oxygens (including phenoxy) is 1. The molecule has 0 saturated carbocycles. The van der Waals surface area contributed by atoms with Crippen LogP contribution in [0.25, 0.3) is 10.9 Å². The van der Waals surface area contributed by atoms with Gasteiger partial charge in [-0.05, 0) is 31.5 Å². The number of amides is 1. The van der Waals surface area contributed by atoms with Crippen molar-refractivity contribution < 1.29 is 46.2 Å². The van der Waals surface area contributed by atoms with E-state index in [2.05, 4.69) is 10.3 Å². The van der Waals surface area contributed by atoms with Gasteiger partial charge in [-0.2, -0.15) is 17.6 Å². The van der Waals surface area contributed by atoms with E-state index in [9.17, 15) is 36.8 Å². The summed E-state index contributed by atoms with van der Waals surface area (Å²) in [4.78, 5) is 16.2. The normalized spacial score (nSPS) is 22.0. The summed E-state index contributed by atoms with van der Waals surface area (Å²) in [6.45, 7) is 0.948. The number of hydrogen-bond donors (Lipinski definition) is 4. The molecule has 0 aliphatic carbocycles. The van der Waals surface area contributed by atoms with Gasteiger partial charge in [-0.1, -0.05) is 6.07 Å². The van der Waals surface area contributed by atoms with Gasteiger partial charge >= 0.3 is 13.5 Å². The molecule has 1 saturated heterocycles. The van der Waals surface area contributed by atoms with Gasteiger partial charge in [0.25, 0.3) is 0 Å². The van der Waals surface area contributed by atoms with Crippen LogP contribution in [0.5, 0.6) is 11.5 Å². The van der Waals surface area contributed by atoms with E-state index in [1.54, 1.807) is 12.3 Å². The van der Waals surface area contributed by atoms with Gasteiger partial charge in [0.2, 0.25) is 11.7 Å². The molecular weight excluding hydrogens is 510 g/mol. The Labute approximate surface area is 206 Å². The van der Waals surface area contributed by atoms with Crippen LogP contribution < -0.4 is 14.7 Å². The second-order valence-corrected chi connectivity index (χ2v) is 10.1. The van der Waals surface area contributed by atoms with Gasteiger partial charge in [-0.3, -0.25) is 4.79 Å². The minimum absolute atomic E-state index is 0.00270. The zero-order valence-electron chi connectivity index (χ0n) is 18.8. The lowest BCUT2D eigenvalue weighted by atomic mass is 9.85. The molecule has 1 aliphatic heterocycles. The molecule has 192 valence electrons. The van der Waals surface area contributed by atoms with E-state index in [0.717, 1.165) is 26.2 Å². The van der Waals surface area contributed by atoms with Gasteiger partial charge in [0.15, 0.2) is 11.6 Å². The smallest absolute Gasteiger partial charge is 0.511 e. The van der Waals surface area contributed by atoms with Crippen molar-refractivity contribution in [3.63, 3.8) is 0 Å². The first-order valence-electron chi connectivity index (χ1n) is 10.6. The molecule has 1 fully saturated rings. The summed E-state index contributed by atoms with van der Waals surface area (Å²) in [7, 11) is -1.10. The first-order chi connectivity index (χ1) is 16.8. The number of thioether (sulfide) groups is 1. The lowest BCUT2D eigenvalue weighted by molar-refractivity contribution is -0.155. The molecule has 4 rings (SSSR count). The van der Waals surface area contributed by atoms with Crippen molar-refractivity contribution >= 4 is 41.6 Å². The van der Waals surface area contributed by atoms with Crippen molar-refractivity contribution in [2.45, 2.75) is 35.4 Å². The number of carbonyl (C=O) groups excluding carboxylic acids is 1.